The van der Waals surface area contributed by atoms with Gasteiger partial charge in [-0.25, -0.2) is 19.6 Å². The Hall–Kier alpha value is -10.3. The first-order valence-electron chi connectivity index (χ1n) is 29.2. The molecule has 19 heteroatoms. The lowest BCUT2D eigenvalue weighted by Gasteiger charge is -2.24. The Bertz CT molecular complexity index is 4430. The molecule has 89 heavy (non-hydrogen) atoms. The molecule has 0 aromatic heterocycles. The fourth-order valence-corrected chi connectivity index (χ4v) is 20.6. The molecule has 4 N–H and O–H groups in total. The van der Waals surface area contributed by atoms with E-state index in [-0.39, 0.29) is 103 Å². The van der Waals surface area contributed by atoms with Crippen LogP contribution in [0.15, 0.2) is 206 Å². The summed E-state index contributed by atoms with van der Waals surface area (Å²) in [6, 6.07) is 47.6. The van der Waals surface area contributed by atoms with E-state index in [4.69, 9.17) is 16.2 Å². The van der Waals surface area contributed by atoms with Crippen molar-refractivity contribution in [3.63, 3.8) is 0 Å². The second kappa shape index (κ2) is 19.6. The van der Waals surface area contributed by atoms with Crippen molar-refractivity contribution >= 4 is 127 Å². The summed E-state index contributed by atoms with van der Waals surface area (Å²) in [7, 11) is -7.90. The van der Waals surface area contributed by atoms with E-state index >= 15 is 9.13 Å². The minimum absolute atomic E-state index is 0.00300. The number of fused-ring (bicyclic) bond motifs is 12. The van der Waals surface area contributed by atoms with Crippen molar-refractivity contribution in [3.05, 3.63) is 229 Å². The van der Waals surface area contributed by atoms with Crippen LogP contribution in [-0.2, 0) is 28.3 Å². The van der Waals surface area contributed by atoms with Crippen molar-refractivity contribution in [2.24, 2.45) is 47.3 Å². The van der Waals surface area contributed by atoms with Gasteiger partial charge in [-0.05, 0) is 146 Å². The monoisotopic (exact) mass is 1210 g/mol. The van der Waals surface area contributed by atoms with Gasteiger partial charge in [0.2, 0.25) is 23.6 Å². The molecule has 4 fully saturated rings. The second-order valence-electron chi connectivity index (χ2n) is 23.9. The molecule has 4 aliphatic heterocycles. The number of allylic oxidation sites excluding steroid dienone is 4. The van der Waals surface area contributed by atoms with Gasteiger partial charge in [-0.1, -0.05) is 97.1 Å². The fraction of sp³-hybridized carbons (Fsp3) is 0.143. The molecule has 4 aliphatic carbocycles. The number of hydrogen-bond acceptors (Lipinski definition) is 13. The van der Waals surface area contributed by atoms with Crippen molar-refractivity contribution < 1.29 is 52.2 Å². The van der Waals surface area contributed by atoms with Crippen LogP contribution < -0.4 is 67.6 Å². The molecule has 10 atom stereocenters. The Morgan fingerprint density at radius 2 is 0.607 bits per heavy atom. The zero-order valence-electron chi connectivity index (χ0n) is 47.0. The Labute approximate surface area is 508 Å². The normalized spacial score (nSPS) is 24.7. The number of imide groups is 4. The number of rotatable bonds is 12. The Morgan fingerprint density at radius 3 is 0.921 bits per heavy atom. The van der Waals surface area contributed by atoms with Gasteiger partial charge in [-0.2, -0.15) is 0 Å². The lowest BCUT2D eigenvalue weighted by atomic mass is 9.85. The van der Waals surface area contributed by atoms with Crippen LogP contribution in [0.25, 0.3) is 0 Å². The quantitative estimate of drug-likeness (QED) is 0.0508. The third-order valence-corrected chi connectivity index (χ3v) is 25.2. The molecule has 2 saturated heterocycles. The van der Waals surface area contributed by atoms with Gasteiger partial charge in [0.15, 0.2) is 14.3 Å². The van der Waals surface area contributed by atoms with Crippen LogP contribution in [0.3, 0.4) is 0 Å². The zero-order valence-corrected chi connectivity index (χ0v) is 48.8. The number of nitrogens with zero attached hydrogens (tertiary/aromatic N) is 4. The lowest BCUT2D eigenvalue weighted by Crippen LogP contribution is -2.34. The summed E-state index contributed by atoms with van der Waals surface area (Å²) in [6.45, 7) is 0. The molecule has 0 radical (unpaired) electrons. The average molecular weight is 1210 g/mol. The number of anilines is 6. The fourth-order valence-electron chi connectivity index (χ4n) is 15.1. The summed E-state index contributed by atoms with van der Waals surface area (Å²) in [4.78, 5) is 118. The van der Waals surface area contributed by atoms with Crippen LogP contribution in [0.1, 0.15) is 54.3 Å². The van der Waals surface area contributed by atoms with Crippen molar-refractivity contribution in [1.82, 2.24) is 0 Å². The SMILES string of the molecule is Nc1cccc(P(=O)(c2cccc(N3C(=O)c4ccc(Oc5ccc6c(c5)C(=O)N(c5cccc(P(=O)(c7cccc(N)c7)c7cccc(N8C(=O)C9C%10C=CC(C%10)C9C8=O)c7)c5)C6=O)cc4C3=O)c2)c2cccc(N3C(=O)C4C5C=CC(C5)C4C3=O)c2)c1. The van der Waals surface area contributed by atoms with Crippen LogP contribution in [-0.4, -0.2) is 47.3 Å². The van der Waals surface area contributed by atoms with E-state index in [0.29, 0.717) is 44.0 Å². The number of hydrogen-bond donors (Lipinski definition) is 2. The highest BCUT2D eigenvalue weighted by molar-refractivity contribution is 7.85. The Kier molecular flexibility index (Phi) is 11.9. The molecule has 4 heterocycles. The predicted molar refractivity (Wildman–Crippen MR) is 336 cm³/mol. The van der Waals surface area contributed by atoms with Gasteiger partial charge in [-0.3, -0.25) is 38.4 Å². The maximum Gasteiger partial charge on any atom is 0.266 e. The zero-order chi connectivity index (χ0) is 61.1. The first kappa shape index (κ1) is 54.1. The summed E-state index contributed by atoms with van der Waals surface area (Å²) in [5.41, 5.74) is 14.2. The van der Waals surface area contributed by atoms with Gasteiger partial charge in [0.1, 0.15) is 11.5 Å². The number of carbonyl (C=O) groups is 8. The molecule has 10 unspecified atom stereocenters. The van der Waals surface area contributed by atoms with Crippen LogP contribution in [0.2, 0.25) is 0 Å². The standard InChI is InChI=1S/C70H50N6O11P2/c71-41-7-1-13-49(29-41)88(85,53-17-5-11-45(33-53)75-67(81)59-37-19-20-38(27-37)60(59)68(75)82)51-15-3-9-43(31-51)73-63(77)55-25-23-47(35-57(55)65(73)79)87-48-24-26-56-58(36-48)66(80)74(64(56)78)44-10-4-16-52(32-44)89(86,50-14-2-8-42(72)30-50)54-18-6-12-46(34-54)76-69(83)61-39-21-22-40(28-39)62(61)70(76)84/h1-26,29-40,59-62H,27-28,71-72H2. The summed E-state index contributed by atoms with van der Waals surface area (Å²) in [5, 5.41) is 1.75. The van der Waals surface area contributed by atoms with Gasteiger partial charge in [0.25, 0.3) is 23.6 Å². The number of carbonyl (C=O) groups excluding carboxylic acids is 8. The van der Waals surface area contributed by atoms with Crippen molar-refractivity contribution in [3.8, 4) is 11.5 Å². The van der Waals surface area contributed by atoms with E-state index in [0.717, 1.165) is 22.6 Å². The van der Waals surface area contributed by atoms with Crippen LogP contribution in [0.5, 0.6) is 11.5 Å². The van der Waals surface area contributed by atoms with Gasteiger partial charge in [0.05, 0.1) is 68.7 Å². The summed E-state index contributed by atoms with van der Waals surface area (Å²) in [6.07, 6.45) is 9.62. The van der Waals surface area contributed by atoms with Crippen molar-refractivity contribution in [1.29, 1.82) is 0 Å². The Morgan fingerprint density at radius 1 is 0.326 bits per heavy atom. The molecule has 436 valence electrons. The molecule has 8 aromatic rings. The van der Waals surface area contributed by atoms with Crippen molar-refractivity contribution in [2.75, 3.05) is 31.1 Å². The number of nitrogen functional groups attached to an aromatic ring is 2. The molecule has 4 bridgehead atoms. The highest BCUT2D eigenvalue weighted by atomic mass is 31.2. The largest absolute Gasteiger partial charge is 0.457 e. The topological polar surface area (TPSA) is 245 Å². The molecule has 17 nitrogen and oxygen atoms in total. The maximum absolute atomic E-state index is 16.1. The molecule has 0 spiro atoms. The highest BCUT2D eigenvalue weighted by Crippen LogP contribution is 2.56. The minimum atomic E-state index is -3.95. The molecular weight excluding hydrogens is 1160 g/mol. The first-order valence-corrected chi connectivity index (χ1v) is 32.6. The molecular formula is C70H50N6O11P2. The predicted octanol–water partition coefficient (Wildman–Crippen LogP) is 8.15. The van der Waals surface area contributed by atoms with Crippen LogP contribution in [0.4, 0.5) is 34.1 Å². The molecule has 16 rings (SSSR count). The highest BCUT2D eigenvalue weighted by Gasteiger charge is 2.61. The van der Waals surface area contributed by atoms with E-state index in [2.05, 4.69) is 0 Å². The van der Waals surface area contributed by atoms with Crippen LogP contribution in [0, 0.1) is 47.3 Å². The van der Waals surface area contributed by atoms with Gasteiger partial charge >= 0.3 is 0 Å². The summed E-state index contributed by atoms with van der Waals surface area (Å²) < 4.78 is 38.4. The summed E-state index contributed by atoms with van der Waals surface area (Å²) in [5.74, 6) is -5.41. The second-order valence-corrected chi connectivity index (χ2v) is 29.5. The number of benzene rings is 8. The van der Waals surface area contributed by atoms with Crippen LogP contribution >= 0.6 is 14.3 Å². The third kappa shape index (κ3) is 7.87. The molecule has 8 amide bonds. The van der Waals surface area contributed by atoms with E-state index in [1.165, 1.54) is 58.3 Å². The van der Waals surface area contributed by atoms with E-state index in [1.807, 2.05) is 24.3 Å². The maximum atomic E-state index is 16.1. The Balaban J connectivity index is 0.667. The lowest BCUT2D eigenvalue weighted by molar-refractivity contribution is -0.124. The number of amides is 8. The number of ether oxygens (including phenoxy) is 1. The van der Waals surface area contributed by atoms with E-state index in [1.54, 1.807) is 133 Å². The van der Waals surface area contributed by atoms with E-state index in [9.17, 15) is 38.4 Å². The average Bonchev–Trinajstić information content (AvgIpc) is 1.89. The molecule has 8 aliphatic rings. The molecule has 2 saturated carbocycles. The summed E-state index contributed by atoms with van der Waals surface area (Å²) >= 11 is 0. The van der Waals surface area contributed by atoms with Crippen molar-refractivity contribution in [2.45, 2.75) is 12.8 Å². The first-order chi connectivity index (χ1) is 43.0. The van der Waals surface area contributed by atoms with E-state index < -0.39 is 61.6 Å². The third-order valence-electron chi connectivity index (χ3n) is 19.2. The van der Waals surface area contributed by atoms with Gasteiger partial charge < -0.3 is 25.3 Å². The smallest absolute Gasteiger partial charge is 0.266 e. The minimum Gasteiger partial charge on any atom is -0.457 e. The van der Waals surface area contributed by atoms with Gasteiger partial charge in [0, 0.05) is 43.2 Å². The molecule has 8 aromatic carbocycles. The van der Waals surface area contributed by atoms with Gasteiger partial charge in [-0.15, -0.1) is 0 Å². The number of nitrogens with two attached hydrogens (primary N) is 2.